The quantitative estimate of drug-likeness (QED) is 0.676. The molecule has 1 heterocycles. The molecule has 0 radical (unpaired) electrons. The minimum atomic E-state index is -0.507. The fraction of sp³-hybridized carbons (Fsp3) is 0.118. The minimum absolute atomic E-state index is 0.183. The Morgan fingerprint density at radius 1 is 1.22 bits per heavy atom. The van der Waals surface area contributed by atoms with Crippen molar-refractivity contribution in [2.45, 2.75) is 0 Å². The predicted molar refractivity (Wildman–Crippen MR) is 84.3 cm³/mol. The average molecular weight is 310 g/mol. The van der Waals surface area contributed by atoms with Crippen molar-refractivity contribution in [3.05, 3.63) is 53.9 Å². The monoisotopic (exact) mass is 310 g/mol. The number of nitrogens with one attached hydrogen (secondary N) is 1. The number of amides is 1. The number of anilines is 1. The smallest absolute Gasteiger partial charge is 0.339 e. The van der Waals surface area contributed by atoms with Gasteiger partial charge in [-0.1, -0.05) is 5.92 Å². The summed E-state index contributed by atoms with van der Waals surface area (Å²) in [6.45, 7) is 0.183. The van der Waals surface area contributed by atoms with Crippen LogP contribution in [0.3, 0.4) is 0 Å². The number of hydrogen-bond acceptors (Lipinski definition) is 5. The standard InChI is InChI=1S/C17H14N2O4/c1-3-10-23-14-7-5-13(6-8-14)19-16(20)15-9-4-12(11-18-15)17(21)22-2/h1,4-9,11H,10H2,2H3,(H,19,20). The Bertz CT molecular complexity index is 731. The third-order valence-corrected chi connectivity index (χ3v) is 2.85. The van der Waals surface area contributed by atoms with Gasteiger partial charge < -0.3 is 14.8 Å². The molecule has 1 aromatic heterocycles. The van der Waals surface area contributed by atoms with Gasteiger partial charge in [-0.15, -0.1) is 6.42 Å². The van der Waals surface area contributed by atoms with E-state index in [-0.39, 0.29) is 17.9 Å². The lowest BCUT2D eigenvalue weighted by Gasteiger charge is -2.07. The molecule has 0 fully saturated rings. The molecule has 1 aromatic carbocycles. The van der Waals surface area contributed by atoms with E-state index in [1.54, 1.807) is 24.3 Å². The zero-order valence-electron chi connectivity index (χ0n) is 12.4. The number of ether oxygens (including phenoxy) is 2. The molecule has 23 heavy (non-hydrogen) atoms. The lowest BCUT2D eigenvalue weighted by atomic mass is 10.2. The maximum atomic E-state index is 12.1. The van der Waals surface area contributed by atoms with Crippen molar-refractivity contribution >= 4 is 17.6 Å². The van der Waals surface area contributed by atoms with E-state index in [1.165, 1.54) is 25.4 Å². The third kappa shape index (κ3) is 4.32. The van der Waals surface area contributed by atoms with Crippen LogP contribution in [-0.2, 0) is 4.74 Å². The van der Waals surface area contributed by atoms with Gasteiger partial charge in [0.2, 0.25) is 0 Å². The molecule has 116 valence electrons. The summed E-state index contributed by atoms with van der Waals surface area (Å²) in [7, 11) is 1.28. The summed E-state index contributed by atoms with van der Waals surface area (Å²) in [6, 6.07) is 9.69. The van der Waals surface area contributed by atoms with E-state index in [2.05, 4.69) is 21.0 Å². The van der Waals surface area contributed by atoms with Gasteiger partial charge in [-0.25, -0.2) is 4.79 Å². The molecule has 0 aliphatic carbocycles. The molecule has 0 spiro atoms. The van der Waals surface area contributed by atoms with Gasteiger partial charge in [0.1, 0.15) is 18.1 Å². The van der Waals surface area contributed by atoms with Crippen LogP contribution in [0.4, 0.5) is 5.69 Å². The third-order valence-electron chi connectivity index (χ3n) is 2.85. The summed E-state index contributed by atoms with van der Waals surface area (Å²) in [6.07, 6.45) is 6.40. The van der Waals surface area contributed by atoms with Crippen molar-refractivity contribution in [3.8, 4) is 18.1 Å². The van der Waals surface area contributed by atoms with Gasteiger partial charge in [0.05, 0.1) is 12.7 Å². The summed E-state index contributed by atoms with van der Waals surface area (Å²) in [5.74, 6) is 2.08. The van der Waals surface area contributed by atoms with Crippen LogP contribution in [0.2, 0.25) is 0 Å². The number of terminal acetylenes is 1. The van der Waals surface area contributed by atoms with Crippen LogP contribution < -0.4 is 10.1 Å². The number of carbonyl (C=O) groups excluding carboxylic acids is 2. The zero-order valence-corrected chi connectivity index (χ0v) is 12.4. The molecule has 0 saturated heterocycles. The van der Waals surface area contributed by atoms with Crippen LogP contribution in [0.1, 0.15) is 20.8 Å². The molecule has 2 rings (SSSR count). The van der Waals surface area contributed by atoms with Crippen LogP contribution >= 0.6 is 0 Å². The first kappa shape index (κ1) is 16.0. The Balaban J connectivity index is 2.01. The topological polar surface area (TPSA) is 77.5 Å². The molecule has 0 saturated carbocycles. The number of rotatable bonds is 5. The van der Waals surface area contributed by atoms with Gasteiger partial charge in [-0.2, -0.15) is 0 Å². The molecule has 0 aliphatic rings. The maximum absolute atomic E-state index is 12.1. The van der Waals surface area contributed by atoms with Gasteiger partial charge in [-0.3, -0.25) is 9.78 Å². The molecule has 0 atom stereocenters. The highest BCUT2D eigenvalue weighted by molar-refractivity contribution is 6.03. The Morgan fingerprint density at radius 2 is 1.96 bits per heavy atom. The van der Waals surface area contributed by atoms with Crippen LogP contribution in [0.5, 0.6) is 5.75 Å². The number of aromatic nitrogens is 1. The van der Waals surface area contributed by atoms with Gasteiger partial charge in [0, 0.05) is 11.9 Å². The van der Waals surface area contributed by atoms with Crippen LogP contribution in [0, 0.1) is 12.3 Å². The average Bonchev–Trinajstić information content (AvgIpc) is 2.60. The van der Waals surface area contributed by atoms with E-state index in [4.69, 9.17) is 11.2 Å². The van der Waals surface area contributed by atoms with E-state index in [9.17, 15) is 9.59 Å². The van der Waals surface area contributed by atoms with Crippen molar-refractivity contribution in [2.24, 2.45) is 0 Å². The number of carbonyl (C=O) groups is 2. The number of hydrogen-bond donors (Lipinski definition) is 1. The lowest BCUT2D eigenvalue weighted by molar-refractivity contribution is 0.0600. The zero-order chi connectivity index (χ0) is 16.7. The lowest BCUT2D eigenvalue weighted by Crippen LogP contribution is -2.14. The fourth-order valence-electron chi connectivity index (χ4n) is 1.72. The normalized spacial score (nSPS) is 9.57. The Kier molecular flexibility index (Phi) is 5.31. The summed E-state index contributed by atoms with van der Waals surface area (Å²) < 4.78 is 9.81. The molecular formula is C17H14N2O4. The highest BCUT2D eigenvalue weighted by Gasteiger charge is 2.10. The number of pyridine rings is 1. The van der Waals surface area contributed by atoms with E-state index in [0.717, 1.165) is 0 Å². The predicted octanol–water partition coefficient (Wildman–Crippen LogP) is 2.13. The number of esters is 1. The molecule has 1 amide bonds. The summed E-state index contributed by atoms with van der Waals surface area (Å²) in [5.41, 5.74) is 1.05. The largest absolute Gasteiger partial charge is 0.481 e. The maximum Gasteiger partial charge on any atom is 0.339 e. The summed E-state index contributed by atoms with van der Waals surface area (Å²) in [4.78, 5) is 27.3. The Morgan fingerprint density at radius 3 is 2.52 bits per heavy atom. The SMILES string of the molecule is C#CCOc1ccc(NC(=O)c2ccc(C(=O)OC)cn2)cc1. The van der Waals surface area contributed by atoms with Crippen LogP contribution in [0.15, 0.2) is 42.6 Å². The highest BCUT2D eigenvalue weighted by Crippen LogP contribution is 2.16. The summed E-state index contributed by atoms with van der Waals surface area (Å²) in [5, 5.41) is 2.69. The molecule has 0 unspecified atom stereocenters. The second kappa shape index (κ2) is 7.61. The van der Waals surface area contributed by atoms with Gasteiger partial charge in [0.25, 0.3) is 5.91 Å². The summed E-state index contributed by atoms with van der Waals surface area (Å²) >= 11 is 0. The fourth-order valence-corrected chi connectivity index (χ4v) is 1.72. The van der Waals surface area contributed by atoms with E-state index in [0.29, 0.717) is 11.4 Å². The molecule has 2 aromatic rings. The van der Waals surface area contributed by atoms with Gasteiger partial charge in [-0.05, 0) is 36.4 Å². The van der Waals surface area contributed by atoms with Gasteiger partial charge >= 0.3 is 5.97 Å². The number of nitrogens with zero attached hydrogens (tertiary/aromatic N) is 1. The highest BCUT2D eigenvalue weighted by atomic mass is 16.5. The minimum Gasteiger partial charge on any atom is -0.481 e. The van der Waals surface area contributed by atoms with Crippen LogP contribution in [-0.4, -0.2) is 30.6 Å². The molecule has 6 nitrogen and oxygen atoms in total. The van der Waals surface area contributed by atoms with Gasteiger partial charge in [0.15, 0.2) is 0 Å². The number of methoxy groups -OCH3 is 1. The molecule has 6 heteroatoms. The van der Waals surface area contributed by atoms with E-state index >= 15 is 0 Å². The van der Waals surface area contributed by atoms with Crippen molar-refractivity contribution < 1.29 is 19.1 Å². The number of benzene rings is 1. The Hall–Kier alpha value is -3.33. The van der Waals surface area contributed by atoms with Crippen LogP contribution in [0.25, 0.3) is 0 Å². The first-order valence-electron chi connectivity index (χ1n) is 6.66. The first-order valence-corrected chi connectivity index (χ1v) is 6.66. The van der Waals surface area contributed by atoms with E-state index in [1.807, 2.05) is 0 Å². The molecule has 0 bridgehead atoms. The Labute approximate surface area is 133 Å². The molecular weight excluding hydrogens is 296 g/mol. The second-order valence-electron chi connectivity index (χ2n) is 4.39. The molecule has 0 aliphatic heterocycles. The van der Waals surface area contributed by atoms with Crippen molar-refractivity contribution in [2.75, 3.05) is 19.0 Å². The van der Waals surface area contributed by atoms with Crippen molar-refractivity contribution in [1.29, 1.82) is 0 Å². The first-order chi connectivity index (χ1) is 11.1. The molecule has 1 N–H and O–H groups in total. The van der Waals surface area contributed by atoms with Crippen molar-refractivity contribution in [3.63, 3.8) is 0 Å². The van der Waals surface area contributed by atoms with E-state index < -0.39 is 11.9 Å². The second-order valence-corrected chi connectivity index (χ2v) is 4.39. The van der Waals surface area contributed by atoms with Crippen molar-refractivity contribution in [1.82, 2.24) is 4.98 Å².